The first-order chi connectivity index (χ1) is 19.3. The van der Waals surface area contributed by atoms with E-state index < -0.39 is 22.7 Å². The number of piperidine rings is 1. The molecular formula is C28H33F3N6O3S. The molecule has 1 fully saturated rings. The minimum Gasteiger partial charge on any atom is -0.382 e. The Kier molecular flexibility index (Phi) is 9.16. The third kappa shape index (κ3) is 8.16. The fraction of sp³-hybridized carbons (Fsp3) is 0.393. The number of nitrogens with one attached hydrogen (secondary N) is 2. The second-order valence-electron chi connectivity index (χ2n) is 10.2. The van der Waals surface area contributed by atoms with Crippen molar-refractivity contribution >= 4 is 38.2 Å². The van der Waals surface area contributed by atoms with Crippen LogP contribution in [0.4, 0.5) is 24.5 Å². The summed E-state index contributed by atoms with van der Waals surface area (Å²) in [6, 6.07) is 12.8. The summed E-state index contributed by atoms with van der Waals surface area (Å²) >= 11 is 0. The molecule has 1 aromatic heterocycles. The predicted octanol–water partition coefficient (Wildman–Crippen LogP) is 3.28. The number of likely N-dealkylation sites (N-methyl/N-ethyl adjacent to an activating group) is 1. The van der Waals surface area contributed by atoms with E-state index in [1.807, 2.05) is 6.07 Å². The summed E-state index contributed by atoms with van der Waals surface area (Å²) in [5.41, 5.74) is 1.99. The number of nitrogens with two attached hydrogens (primary N) is 1. The first-order valence-corrected chi connectivity index (χ1v) is 14.6. The summed E-state index contributed by atoms with van der Waals surface area (Å²) in [5.74, 6) is 5.77. The predicted molar refractivity (Wildman–Crippen MR) is 153 cm³/mol. The van der Waals surface area contributed by atoms with Gasteiger partial charge in [-0.3, -0.25) is 9.69 Å². The van der Waals surface area contributed by atoms with Crippen LogP contribution in [0.2, 0.25) is 0 Å². The van der Waals surface area contributed by atoms with Gasteiger partial charge < -0.3 is 20.1 Å². The van der Waals surface area contributed by atoms with E-state index in [0.717, 1.165) is 31.6 Å². The number of rotatable bonds is 8. The van der Waals surface area contributed by atoms with Crippen molar-refractivity contribution in [2.75, 3.05) is 50.9 Å². The molecule has 4 rings (SSSR count). The summed E-state index contributed by atoms with van der Waals surface area (Å²) in [6.45, 7) is 0.813. The monoisotopic (exact) mass is 590 g/mol. The number of fused-ring (bicyclic) bond motifs is 1. The number of aromatic nitrogens is 1. The van der Waals surface area contributed by atoms with Gasteiger partial charge in [-0.2, -0.15) is 13.2 Å². The highest BCUT2D eigenvalue weighted by Gasteiger charge is 2.30. The van der Waals surface area contributed by atoms with E-state index in [2.05, 4.69) is 27.4 Å². The van der Waals surface area contributed by atoms with Gasteiger partial charge in [-0.15, -0.1) is 0 Å². The Morgan fingerprint density at radius 3 is 2.41 bits per heavy atom. The van der Waals surface area contributed by atoms with Gasteiger partial charge >= 0.3 is 6.18 Å². The van der Waals surface area contributed by atoms with E-state index in [1.165, 1.54) is 28.8 Å². The highest BCUT2D eigenvalue weighted by molar-refractivity contribution is 7.89. The zero-order valence-electron chi connectivity index (χ0n) is 22.8. The molecule has 1 amide bonds. The lowest BCUT2D eigenvalue weighted by Gasteiger charge is -2.33. The maximum atomic E-state index is 13.5. The highest BCUT2D eigenvalue weighted by Crippen LogP contribution is 2.31. The van der Waals surface area contributed by atoms with Gasteiger partial charge in [-0.1, -0.05) is 12.0 Å². The van der Waals surface area contributed by atoms with Gasteiger partial charge in [-0.25, -0.2) is 13.6 Å². The minimum atomic E-state index is -4.44. The number of primary sulfonamides is 1. The molecule has 0 saturated carbocycles. The molecule has 41 heavy (non-hydrogen) atoms. The van der Waals surface area contributed by atoms with Gasteiger partial charge in [0.2, 0.25) is 15.9 Å². The van der Waals surface area contributed by atoms with Crippen LogP contribution in [0.1, 0.15) is 18.5 Å². The van der Waals surface area contributed by atoms with E-state index in [4.69, 9.17) is 5.14 Å². The average Bonchev–Trinajstić information content (AvgIpc) is 3.24. The van der Waals surface area contributed by atoms with Crippen LogP contribution >= 0.6 is 0 Å². The molecular weight excluding hydrogens is 557 g/mol. The van der Waals surface area contributed by atoms with E-state index >= 15 is 0 Å². The van der Waals surface area contributed by atoms with Gasteiger partial charge in [0.15, 0.2) is 0 Å². The number of halogens is 3. The number of benzene rings is 2. The zero-order valence-corrected chi connectivity index (χ0v) is 23.6. The Bertz CT molecular complexity index is 1550. The number of hydrogen-bond donors (Lipinski definition) is 3. The van der Waals surface area contributed by atoms with Crippen LogP contribution in [0.25, 0.3) is 10.9 Å². The maximum absolute atomic E-state index is 13.5. The standard InChI is InChI=1S/C28H33F3N6O3S/c1-35(2)27(38)18-36-15-12-21(13-16-36)34-25-6-3-7-26-24(25)17-22(37(26)19-28(29,30)31)5-4-14-33-20-8-10-23(11-9-20)41(32,39)40/h3,6-11,17,21,33-34H,12-16,18-19H2,1-2H3,(H2,32,39,40). The molecule has 3 aromatic rings. The summed E-state index contributed by atoms with van der Waals surface area (Å²) in [5, 5.41) is 12.3. The van der Waals surface area contributed by atoms with Crippen molar-refractivity contribution in [1.29, 1.82) is 0 Å². The second kappa shape index (κ2) is 12.4. The van der Waals surface area contributed by atoms with Crippen LogP contribution < -0.4 is 15.8 Å². The number of hydrogen-bond acceptors (Lipinski definition) is 6. The molecule has 1 aliphatic rings. The Hall–Kier alpha value is -3.73. The molecule has 0 spiro atoms. The Morgan fingerprint density at radius 1 is 1.12 bits per heavy atom. The average molecular weight is 591 g/mol. The zero-order chi connectivity index (χ0) is 29.8. The summed E-state index contributed by atoms with van der Waals surface area (Å²) in [7, 11) is -0.346. The highest BCUT2D eigenvalue weighted by atomic mass is 32.2. The van der Waals surface area contributed by atoms with Crippen LogP contribution in [0.15, 0.2) is 53.4 Å². The number of anilines is 2. The van der Waals surface area contributed by atoms with E-state index in [9.17, 15) is 26.4 Å². The molecule has 0 aliphatic carbocycles. The molecule has 0 atom stereocenters. The number of carbonyl (C=O) groups excluding carboxylic acids is 1. The lowest BCUT2D eigenvalue weighted by atomic mass is 10.0. The van der Waals surface area contributed by atoms with Gasteiger partial charge in [0.05, 0.1) is 29.2 Å². The Labute approximate surface area is 237 Å². The van der Waals surface area contributed by atoms with Crippen LogP contribution in [0, 0.1) is 11.8 Å². The van der Waals surface area contributed by atoms with Crippen LogP contribution in [-0.2, 0) is 21.4 Å². The van der Waals surface area contributed by atoms with E-state index in [-0.39, 0.29) is 29.1 Å². The smallest absolute Gasteiger partial charge is 0.382 e. The molecule has 2 heterocycles. The quantitative estimate of drug-likeness (QED) is 0.347. The first kappa shape index (κ1) is 30.2. The van der Waals surface area contributed by atoms with Crippen molar-refractivity contribution in [1.82, 2.24) is 14.4 Å². The summed E-state index contributed by atoms with van der Waals surface area (Å²) in [6.07, 6.45) is -2.83. The molecule has 4 N–H and O–H groups in total. The fourth-order valence-corrected chi connectivity index (χ4v) is 5.21. The molecule has 13 heteroatoms. The SMILES string of the molecule is CN(C)C(=O)CN1CCC(Nc2cccc3c2cc(C#CCNc2ccc(S(N)(=O)=O)cc2)n3CC(F)(F)F)CC1. The summed E-state index contributed by atoms with van der Waals surface area (Å²) in [4.78, 5) is 15.7. The van der Waals surface area contributed by atoms with Crippen molar-refractivity contribution < 1.29 is 26.4 Å². The number of amides is 1. The Balaban J connectivity index is 1.49. The molecule has 1 saturated heterocycles. The number of likely N-dealkylation sites (tertiary alicyclic amines) is 1. The normalized spacial score (nSPS) is 14.9. The summed E-state index contributed by atoms with van der Waals surface area (Å²) < 4.78 is 64.5. The lowest BCUT2D eigenvalue weighted by Crippen LogP contribution is -2.43. The third-order valence-corrected chi connectivity index (χ3v) is 7.80. The molecule has 9 nitrogen and oxygen atoms in total. The topological polar surface area (TPSA) is 113 Å². The third-order valence-electron chi connectivity index (χ3n) is 6.87. The molecule has 220 valence electrons. The maximum Gasteiger partial charge on any atom is 0.406 e. The molecule has 0 radical (unpaired) electrons. The fourth-order valence-electron chi connectivity index (χ4n) is 4.70. The number of alkyl halides is 3. The van der Waals surface area contributed by atoms with Crippen LogP contribution in [0.5, 0.6) is 0 Å². The lowest BCUT2D eigenvalue weighted by molar-refractivity contribution is -0.140. The van der Waals surface area contributed by atoms with Crippen molar-refractivity contribution in [3.05, 3.63) is 54.2 Å². The van der Waals surface area contributed by atoms with Gasteiger partial charge in [0.25, 0.3) is 0 Å². The van der Waals surface area contributed by atoms with Gasteiger partial charge in [0, 0.05) is 50.0 Å². The van der Waals surface area contributed by atoms with Gasteiger partial charge in [-0.05, 0) is 61.2 Å². The van der Waals surface area contributed by atoms with Crippen LogP contribution in [-0.4, -0.2) is 81.2 Å². The number of sulfonamides is 1. The van der Waals surface area contributed by atoms with Crippen LogP contribution in [0.3, 0.4) is 0 Å². The Morgan fingerprint density at radius 2 is 1.80 bits per heavy atom. The van der Waals surface area contributed by atoms with Crippen molar-refractivity contribution in [3.63, 3.8) is 0 Å². The molecule has 0 unspecified atom stereocenters. The van der Waals surface area contributed by atoms with Crippen molar-refractivity contribution in [2.24, 2.45) is 5.14 Å². The second-order valence-corrected chi connectivity index (χ2v) is 11.7. The molecule has 0 bridgehead atoms. The van der Waals surface area contributed by atoms with Crippen molar-refractivity contribution in [3.8, 4) is 11.8 Å². The number of nitrogens with zero attached hydrogens (tertiary/aromatic N) is 3. The number of carbonyl (C=O) groups is 1. The van der Waals surface area contributed by atoms with Crippen molar-refractivity contribution in [2.45, 2.75) is 36.5 Å². The van der Waals surface area contributed by atoms with E-state index in [1.54, 1.807) is 37.2 Å². The largest absolute Gasteiger partial charge is 0.406 e. The van der Waals surface area contributed by atoms with Gasteiger partial charge in [0.1, 0.15) is 6.54 Å². The molecule has 2 aromatic carbocycles. The first-order valence-electron chi connectivity index (χ1n) is 13.0. The minimum absolute atomic E-state index is 0.0276. The molecule has 1 aliphatic heterocycles. The van der Waals surface area contributed by atoms with E-state index in [0.29, 0.717) is 23.1 Å².